The van der Waals surface area contributed by atoms with Gasteiger partial charge in [-0.1, -0.05) is 26.2 Å². The number of morpholine rings is 1. The predicted octanol–water partition coefficient (Wildman–Crippen LogP) is 2.52. The fourth-order valence-corrected chi connectivity index (χ4v) is 3.60. The molecule has 0 radical (unpaired) electrons. The Hall–Kier alpha value is -0.610. The highest BCUT2D eigenvalue weighted by atomic mass is 16.5. The Kier molecular flexibility index (Phi) is 5.22. The highest BCUT2D eigenvalue weighted by Gasteiger charge is 2.38. The molecule has 2 aliphatic rings. The van der Waals surface area contributed by atoms with Crippen LogP contribution >= 0.6 is 0 Å². The van der Waals surface area contributed by atoms with E-state index < -0.39 is 5.97 Å². The minimum absolute atomic E-state index is 0.193. The van der Waals surface area contributed by atoms with Crippen LogP contribution in [0.4, 0.5) is 0 Å². The molecule has 2 rings (SSSR count). The van der Waals surface area contributed by atoms with Gasteiger partial charge in [-0.15, -0.1) is 0 Å². The number of carbonyl (C=O) groups is 1. The number of hydrogen-bond donors (Lipinski definition) is 1. The van der Waals surface area contributed by atoms with Gasteiger partial charge in [0.2, 0.25) is 0 Å². The van der Waals surface area contributed by atoms with Crippen LogP contribution in [0.5, 0.6) is 0 Å². The number of rotatable bonds is 3. The van der Waals surface area contributed by atoms with Crippen molar-refractivity contribution in [3.8, 4) is 0 Å². The lowest BCUT2D eigenvalue weighted by Crippen LogP contribution is -2.56. The summed E-state index contributed by atoms with van der Waals surface area (Å²) in [7, 11) is 0. The minimum Gasteiger partial charge on any atom is -0.481 e. The molecule has 0 amide bonds. The van der Waals surface area contributed by atoms with E-state index in [2.05, 4.69) is 18.7 Å². The van der Waals surface area contributed by atoms with Gasteiger partial charge < -0.3 is 9.84 Å². The number of aliphatic carboxylic acids is 1. The first kappa shape index (κ1) is 14.8. The van der Waals surface area contributed by atoms with Crippen molar-refractivity contribution in [2.45, 2.75) is 70.6 Å². The summed E-state index contributed by atoms with van der Waals surface area (Å²) in [6.45, 7) is 5.89. The molecule has 4 unspecified atom stereocenters. The van der Waals surface area contributed by atoms with E-state index in [0.717, 1.165) is 45.3 Å². The molecule has 1 aliphatic heterocycles. The lowest BCUT2D eigenvalue weighted by molar-refractivity contribution is -0.148. The molecule has 0 aromatic carbocycles. The van der Waals surface area contributed by atoms with E-state index in [-0.39, 0.29) is 18.1 Å². The van der Waals surface area contributed by atoms with Crippen molar-refractivity contribution in [3.05, 3.63) is 0 Å². The molecule has 0 bridgehead atoms. The SMILES string of the molecule is CCC1COC(C)CN1C1CCCCCC1C(=O)O. The molecule has 2 fully saturated rings. The van der Waals surface area contributed by atoms with Crippen molar-refractivity contribution >= 4 is 5.97 Å². The van der Waals surface area contributed by atoms with Gasteiger partial charge in [-0.25, -0.2) is 0 Å². The molecule has 4 atom stereocenters. The molecule has 110 valence electrons. The third-order valence-corrected chi connectivity index (χ3v) is 4.70. The first-order valence-electron chi connectivity index (χ1n) is 7.73. The van der Waals surface area contributed by atoms with Crippen LogP contribution in [0.1, 0.15) is 52.4 Å². The lowest BCUT2D eigenvalue weighted by atomic mass is 9.91. The summed E-state index contributed by atoms with van der Waals surface area (Å²) in [6.07, 6.45) is 6.52. The zero-order valence-corrected chi connectivity index (χ0v) is 12.2. The van der Waals surface area contributed by atoms with Gasteiger partial charge in [0.15, 0.2) is 0 Å². The topological polar surface area (TPSA) is 49.8 Å². The van der Waals surface area contributed by atoms with E-state index in [9.17, 15) is 9.90 Å². The van der Waals surface area contributed by atoms with Gasteiger partial charge in [0.25, 0.3) is 0 Å². The second kappa shape index (κ2) is 6.71. The second-order valence-electron chi connectivity index (χ2n) is 6.05. The van der Waals surface area contributed by atoms with Crippen LogP contribution in [0, 0.1) is 5.92 Å². The predicted molar refractivity (Wildman–Crippen MR) is 74.2 cm³/mol. The van der Waals surface area contributed by atoms with Gasteiger partial charge in [0.05, 0.1) is 18.6 Å². The first-order chi connectivity index (χ1) is 9.13. The second-order valence-corrected chi connectivity index (χ2v) is 6.05. The highest BCUT2D eigenvalue weighted by Crippen LogP contribution is 2.31. The third-order valence-electron chi connectivity index (χ3n) is 4.70. The molecule has 1 N–H and O–H groups in total. The van der Waals surface area contributed by atoms with Gasteiger partial charge in [-0.2, -0.15) is 0 Å². The molecule has 1 heterocycles. The average Bonchev–Trinajstić information content (AvgIpc) is 2.64. The van der Waals surface area contributed by atoms with Gasteiger partial charge in [0.1, 0.15) is 0 Å². The van der Waals surface area contributed by atoms with E-state index in [1.807, 2.05) is 0 Å². The standard InChI is InChI=1S/C15H27NO3/c1-3-12-10-19-11(2)9-16(12)14-8-6-4-5-7-13(14)15(17)18/h11-14H,3-10H2,1-2H3,(H,17,18). The van der Waals surface area contributed by atoms with E-state index in [0.29, 0.717) is 6.04 Å². The first-order valence-corrected chi connectivity index (χ1v) is 7.73. The Balaban J connectivity index is 2.15. The molecular formula is C15H27NO3. The quantitative estimate of drug-likeness (QED) is 0.800. The van der Waals surface area contributed by atoms with E-state index in [1.165, 1.54) is 6.42 Å². The van der Waals surface area contributed by atoms with Gasteiger partial charge in [0, 0.05) is 18.6 Å². The molecule has 1 aliphatic carbocycles. The van der Waals surface area contributed by atoms with Crippen molar-refractivity contribution in [1.29, 1.82) is 0 Å². The van der Waals surface area contributed by atoms with Crippen molar-refractivity contribution in [3.63, 3.8) is 0 Å². The number of nitrogens with zero attached hydrogens (tertiary/aromatic N) is 1. The number of carboxylic acid groups (broad SMARTS) is 1. The van der Waals surface area contributed by atoms with Crippen molar-refractivity contribution < 1.29 is 14.6 Å². The summed E-state index contributed by atoms with van der Waals surface area (Å²) in [5.41, 5.74) is 0. The van der Waals surface area contributed by atoms with E-state index in [4.69, 9.17) is 4.74 Å². The van der Waals surface area contributed by atoms with Crippen LogP contribution in [-0.4, -0.2) is 47.3 Å². The number of hydrogen-bond acceptors (Lipinski definition) is 3. The van der Waals surface area contributed by atoms with Crippen LogP contribution < -0.4 is 0 Å². The van der Waals surface area contributed by atoms with Crippen LogP contribution in [-0.2, 0) is 9.53 Å². The fourth-order valence-electron chi connectivity index (χ4n) is 3.60. The molecule has 1 saturated heterocycles. The largest absolute Gasteiger partial charge is 0.481 e. The molecular weight excluding hydrogens is 242 g/mol. The normalized spacial score (nSPS) is 37.8. The Bertz CT molecular complexity index is 308. The Labute approximate surface area is 116 Å². The smallest absolute Gasteiger partial charge is 0.308 e. The zero-order valence-electron chi connectivity index (χ0n) is 12.2. The highest BCUT2D eigenvalue weighted by molar-refractivity contribution is 5.71. The number of ether oxygens (including phenoxy) is 1. The maximum Gasteiger partial charge on any atom is 0.308 e. The summed E-state index contributed by atoms with van der Waals surface area (Å²) in [5, 5.41) is 9.53. The summed E-state index contributed by atoms with van der Waals surface area (Å²) >= 11 is 0. The molecule has 19 heavy (non-hydrogen) atoms. The molecule has 4 nitrogen and oxygen atoms in total. The fraction of sp³-hybridized carbons (Fsp3) is 0.933. The Morgan fingerprint density at radius 1 is 1.32 bits per heavy atom. The van der Waals surface area contributed by atoms with Crippen molar-refractivity contribution in [2.24, 2.45) is 5.92 Å². The Morgan fingerprint density at radius 3 is 2.74 bits per heavy atom. The monoisotopic (exact) mass is 269 g/mol. The summed E-state index contributed by atoms with van der Waals surface area (Å²) in [4.78, 5) is 14.0. The van der Waals surface area contributed by atoms with E-state index in [1.54, 1.807) is 0 Å². The summed E-state index contributed by atoms with van der Waals surface area (Å²) < 4.78 is 5.74. The van der Waals surface area contributed by atoms with Crippen molar-refractivity contribution in [1.82, 2.24) is 4.90 Å². The van der Waals surface area contributed by atoms with Gasteiger partial charge >= 0.3 is 5.97 Å². The van der Waals surface area contributed by atoms with Crippen molar-refractivity contribution in [2.75, 3.05) is 13.2 Å². The minimum atomic E-state index is -0.610. The van der Waals surface area contributed by atoms with Crippen LogP contribution in [0.3, 0.4) is 0 Å². The van der Waals surface area contributed by atoms with Crippen LogP contribution in [0.25, 0.3) is 0 Å². The van der Waals surface area contributed by atoms with Crippen LogP contribution in [0.15, 0.2) is 0 Å². The maximum absolute atomic E-state index is 11.6. The molecule has 1 saturated carbocycles. The lowest BCUT2D eigenvalue weighted by Gasteiger charge is -2.44. The van der Waals surface area contributed by atoms with Gasteiger partial charge in [-0.05, 0) is 26.2 Å². The summed E-state index contributed by atoms with van der Waals surface area (Å²) in [5.74, 6) is -0.803. The van der Waals surface area contributed by atoms with Gasteiger partial charge in [-0.3, -0.25) is 9.69 Å². The molecule has 4 heteroatoms. The average molecular weight is 269 g/mol. The molecule has 0 aromatic heterocycles. The van der Waals surface area contributed by atoms with Crippen LogP contribution in [0.2, 0.25) is 0 Å². The third kappa shape index (κ3) is 3.48. The molecule has 0 spiro atoms. The Morgan fingerprint density at radius 2 is 2.05 bits per heavy atom. The maximum atomic E-state index is 11.6. The summed E-state index contributed by atoms with van der Waals surface area (Å²) in [6, 6.07) is 0.595. The van der Waals surface area contributed by atoms with E-state index >= 15 is 0 Å². The number of carboxylic acids is 1. The zero-order chi connectivity index (χ0) is 13.8. The molecule has 0 aromatic rings.